The molecule has 2 rings (SSSR count). The van der Waals surface area contributed by atoms with Gasteiger partial charge in [0.25, 0.3) is 0 Å². The van der Waals surface area contributed by atoms with Gasteiger partial charge >= 0.3 is 0 Å². The van der Waals surface area contributed by atoms with Crippen molar-refractivity contribution in [2.45, 2.75) is 58.2 Å². The van der Waals surface area contributed by atoms with Crippen molar-refractivity contribution in [2.75, 3.05) is 26.2 Å². The lowest BCUT2D eigenvalue weighted by molar-refractivity contribution is -0.132. The van der Waals surface area contributed by atoms with E-state index in [-0.39, 0.29) is 17.6 Å². The molecule has 2 saturated heterocycles. The number of carbonyl (C=O) groups excluding carboxylic acids is 1. The minimum absolute atomic E-state index is 0.0679. The number of thiocarbonyl (C=S) groups is 1. The minimum Gasteiger partial charge on any atom is -0.363 e. The Morgan fingerprint density at radius 2 is 2.17 bits per heavy atom. The molecule has 0 saturated carbocycles. The van der Waals surface area contributed by atoms with E-state index in [2.05, 4.69) is 42.9 Å². The van der Waals surface area contributed by atoms with Gasteiger partial charge in [0.05, 0.1) is 11.7 Å². The van der Waals surface area contributed by atoms with Gasteiger partial charge in [-0.1, -0.05) is 26.8 Å². The summed E-state index contributed by atoms with van der Waals surface area (Å²) < 4.78 is 0. The largest absolute Gasteiger partial charge is 0.363 e. The van der Waals surface area contributed by atoms with E-state index in [1.54, 1.807) is 0 Å². The second-order valence-corrected chi connectivity index (χ2v) is 7.70. The molecular weight excluding hydrogens is 320 g/mol. The quantitative estimate of drug-likeness (QED) is 0.566. The molecule has 1 atom stereocenters. The Labute approximate surface area is 151 Å². The smallest absolute Gasteiger partial charge is 0.241 e. The highest BCUT2D eigenvalue weighted by Gasteiger charge is 2.50. The maximum Gasteiger partial charge on any atom is 0.241 e. The Kier molecular flexibility index (Phi) is 6.63. The van der Waals surface area contributed by atoms with Gasteiger partial charge in [-0.25, -0.2) is 0 Å². The first kappa shape index (κ1) is 19.2. The van der Waals surface area contributed by atoms with Gasteiger partial charge in [-0.3, -0.25) is 10.1 Å². The Morgan fingerprint density at radius 3 is 2.71 bits per heavy atom. The Bertz CT molecular complexity index is 472. The van der Waals surface area contributed by atoms with Crippen molar-refractivity contribution in [1.82, 2.24) is 20.4 Å². The normalized spacial score (nSPS) is 23.2. The molecule has 0 aliphatic carbocycles. The number of nitrogens with one attached hydrogen (secondary N) is 2. The van der Waals surface area contributed by atoms with Crippen LogP contribution in [-0.4, -0.2) is 58.7 Å². The predicted molar refractivity (Wildman–Crippen MR) is 103 cm³/mol. The molecule has 0 radical (unpaired) electrons. The van der Waals surface area contributed by atoms with Crippen LogP contribution in [-0.2, 0) is 4.79 Å². The molecule has 0 aromatic carbocycles. The van der Waals surface area contributed by atoms with E-state index < -0.39 is 0 Å². The molecule has 0 bridgehead atoms. The maximum absolute atomic E-state index is 12.8. The SMILES string of the molecule is C=CCN1C(=O)C(CC(C)C)NC12CCN(C(=S)NCCC)CC2. The Hall–Kier alpha value is -1.14. The molecule has 24 heavy (non-hydrogen) atoms. The van der Waals surface area contributed by atoms with E-state index in [1.807, 2.05) is 11.0 Å². The van der Waals surface area contributed by atoms with Gasteiger partial charge in [0.1, 0.15) is 0 Å². The van der Waals surface area contributed by atoms with Gasteiger partial charge < -0.3 is 15.1 Å². The number of piperidine rings is 1. The lowest BCUT2D eigenvalue weighted by Crippen LogP contribution is -2.60. The average molecular weight is 353 g/mol. The van der Waals surface area contributed by atoms with Gasteiger partial charge in [-0.15, -0.1) is 6.58 Å². The van der Waals surface area contributed by atoms with Crippen LogP contribution < -0.4 is 10.6 Å². The molecule has 0 aromatic rings. The van der Waals surface area contributed by atoms with Gasteiger partial charge in [-0.2, -0.15) is 0 Å². The summed E-state index contributed by atoms with van der Waals surface area (Å²) >= 11 is 5.48. The number of amides is 1. The fourth-order valence-electron chi connectivity index (χ4n) is 3.73. The van der Waals surface area contributed by atoms with Crippen LogP contribution in [0.15, 0.2) is 12.7 Å². The highest BCUT2D eigenvalue weighted by molar-refractivity contribution is 7.80. The van der Waals surface area contributed by atoms with E-state index in [0.29, 0.717) is 12.5 Å². The molecule has 1 amide bonds. The topological polar surface area (TPSA) is 47.6 Å². The van der Waals surface area contributed by atoms with E-state index in [1.165, 1.54) is 0 Å². The molecule has 1 unspecified atom stereocenters. The number of hydrogen-bond acceptors (Lipinski definition) is 3. The van der Waals surface area contributed by atoms with Crippen molar-refractivity contribution >= 4 is 23.2 Å². The van der Waals surface area contributed by atoms with Crippen molar-refractivity contribution in [3.63, 3.8) is 0 Å². The Morgan fingerprint density at radius 1 is 1.50 bits per heavy atom. The average Bonchev–Trinajstić information content (AvgIpc) is 2.78. The number of likely N-dealkylation sites (tertiary alicyclic amines) is 1. The summed E-state index contributed by atoms with van der Waals surface area (Å²) in [5.74, 6) is 0.724. The van der Waals surface area contributed by atoms with E-state index in [9.17, 15) is 4.79 Å². The molecule has 1 spiro atoms. The van der Waals surface area contributed by atoms with E-state index in [4.69, 9.17) is 12.2 Å². The molecule has 2 N–H and O–H groups in total. The van der Waals surface area contributed by atoms with Crippen molar-refractivity contribution in [2.24, 2.45) is 5.92 Å². The Balaban J connectivity index is 2.04. The summed E-state index contributed by atoms with van der Waals surface area (Å²) in [4.78, 5) is 17.1. The molecule has 5 nitrogen and oxygen atoms in total. The molecular formula is C18H32N4OS. The number of rotatable bonds is 6. The zero-order valence-corrected chi connectivity index (χ0v) is 16.1. The summed E-state index contributed by atoms with van der Waals surface area (Å²) in [6.07, 6.45) is 5.58. The highest BCUT2D eigenvalue weighted by Crippen LogP contribution is 2.33. The zero-order chi connectivity index (χ0) is 17.7. The number of hydrogen-bond donors (Lipinski definition) is 2. The molecule has 2 aliphatic heterocycles. The van der Waals surface area contributed by atoms with E-state index in [0.717, 1.165) is 50.4 Å². The highest BCUT2D eigenvalue weighted by atomic mass is 32.1. The van der Waals surface area contributed by atoms with Crippen LogP contribution in [0.4, 0.5) is 0 Å². The van der Waals surface area contributed by atoms with Crippen LogP contribution in [0.25, 0.3) is 0 Å². The predicted octanol–water partition coefficient (Wildman–Crippen LogP) is 2.10. The fourth-order valence-corrected chi connectivity index (χ4v) is 4.01. The first-order valence-corrected chi connectivity index (χ1v) is 9.57. The first-order chi connectivity index (χ1) is 11.4. The van der Waals surface area contributed by atoms with Crippen LogP contribution in [0.2, 0.25) is 0 Å². The molecule has 2 heterocycles. The summed E-state index contributed by atoms with van der Waals surface area (Å²) in [5.41, 5.74) is -0.234. The van der Waals surface area contributed by atoms with Crippen molar-refractivity contribution in [3.8, 4) is 0 Å². The van der Waals surface area contributed by atoms with Crippen molar-refractivity contribution in [1.29, 1.82) is 0 Å². The lowest BCUT2D eigenvalue weighted by atomic mass is 9.96. The van der Waals surface area contributed by atoms with Gasteiger partial charge in [0, 0.05) is 39.0 Å². The maximum atomic E-state index is 12.8. The van der Waals surface area contributed by atoms with Crippen LogP contribution in [0.1, 0.15) is 46.5 Å². The van der Waals surface area contributed by atoms with Crippen LogP contribution in [0.3, 0.4) is 0 Å². The minimum atomic E-state index is -0.234. The third-order valence-electron chi connectivity index (χ3n) is 4.95. The van der Waals surface area contributed by atoms with Crippen molar-refractivity contribution in [3.05, 3.63) is 12.7 Å². The number of nitrogens with zero attached hydrogens (tertiary/aromatic N) is 2. The van der Waals surface area contributed by atoms with Crippen LogP contribution >= 0.6 is 12.2 Å². The molecule has 0 aromatic heterocycles. The van der Waals surface area contributed by atoms with Crippen LogP contribution in [0.5, 0.6) is 0 Å². The zero-order valence-electron chi connectivity index (χ0n) is 15.3. The molecule has 6 heteroatoms. The van der Waals surface area contributed by atoms with Crippen molar-refractivity contribution < 1.29 is 4.79 Å². The van der Waals surface area contributed by atoms with Gasteiger partial charge in [0.15, 0.2) is 5.11 Å². The third kappa shape index (κ3) is 4.09. The lowest BCUT2D eigenvalue weighted by Gasteiger charge is -2.45. The molecule has 2 aliphatic rings. The van der Waals surface area contributed by atoms with Gasteiger partial charge in [0.2, 0.25) is 5.91 Å². The van der Waals surface area contributed by atoms with Crippen LogP contribution in [0, 0.1) is 5.92 Å². The van der Waals surface area contributed by atoms with Gasteiger partial charge in [-0.05, 0) is 31.0 Å². The summed E-state index contributed by atoms with van der Waals surface area (Å²) in [6.45, 7) is 13.6. The fraction of sp³-hybridized carbons (Fsp3) is 0.778. The third-order valence-corrected chi connectivity index (χ3v) is 5.35. The number of carbonyl (C=O) groups is 1. The second-order valence-electron chi connectivity index (χ2n) is 7.31. The molecule has 136 valence electrons. The first-order valence-electron chi connectivity index (χ1n) is 9.16. The van der Waals surface area contributed by atoms with E-state index >= 15 is 0 Å². The summed E-state index contributed by atoms with van der Waals surface area (Å²) in [7, 11) is 0. The summed E-state index contributed by atoms with van der Waals surface area (Å²) in [6, 6.07) is -0.0679. The monoisotopic (exact) mass is 352 g/mol. The standard InChI is InChI=1S/C18H32N4OS/c1-5-9-19-17(24)21-11-7-18(8-12-21)20-15(13-14(3)4)16(23)22(18)10-6-2/h6,14-15,20H,2,5,7-13H2,1,3-4H3,(H,19,24). The second kappa shape index (κ2) is 8.30. The summed E-state index contributed by atoms with van der Waals surface area (Å²) in [5, 5.41) is 7.80. The molecule has 2 fully saturated rings.